The average Bonchev–Trinajstić information content (AvgIpc) is 2.96. The van der Waals surface area contributed by atoms with Crippen molar-refractivity contribution in [1.82, 2.24) is 10.2 Å². The lowest BCUT2D eigenvalue weighted by Crippen LogP contribution is -2.41. The molecule has 21 heavy (non-hydrogen) atoms. The normalized spacial score (nSPS) is 17.7. The minimum absolute atomic E-state index is 0.0297. The van der Waals surface area contributed by atoms with Crippen molar-refractivity contribution in [3.05, 3.63) is 23.8 Å². The third-order valence-electron chi connectivity index (χ3n) is 3.66. The predicted octanol–water partition coefficient (Wildman–Crippen LogP) is 0.406. The van der Waals surface area contributed by atoms with Crippen LogP contribution in [0.3, 0.4) is 0 Å². The van der Waals surface area contributed by atoms with E-state index in [9.17, 15) is 4.79 Å². The molecule has 0 aliphatic carbocycles. The molecule has 1 saturated heterocycles. The number of nitrogens with one attached hydrogen (secondary N) is 1. The van der Waals surface area contributed by atoms with Crippen LogP contribution in [0.25, 0.3) is 0 Å². The minimum Gasteiger partial charge on any atom is -0.454 e. The van der Waals surface area contributed by atoms with Crippen LogP contribution in [-0.4, -0.2) is 57.0 Å². The number of carbonyl (C=O) groups excluding carboxylic acids is 1. The number of fused-ring (bicyclic) bond motifs is 1. The van der Waals surface area contributed by atoms with Crippen molar-refractivity contribution in [2.75, 3.05) is 46.2 Å². The van der Waals surface area contributed by atoms with Gasteiger partial charge in [-0.15, -0.1) is 0 Å². The van der Waals surface area contributed by atoms with Crippen molar-refractivity contribution in [3.63, 3.8) is 0 Å². The fourth-order valence-electron chi connectivity index (χ4n) is 2.48. The van der Waals surface area contributed by atoms with Gasteiger partial charge in [-0.05, 0) is 17.7 Å². The summed E-state index contributed by atoms with van der Waals surface area (Å²) in [5.74, 6) is 1.49. The summed E-state index contributed by atoms with van der Waals surface area (Å²) in [4.78, 5) is 14.2. The van der Waals surface area contributed by atoms with E-state index in [0.717, 1.165) is 44.2 Å². The zero-order chi connectivity index (χ0) is 14.5. The van der Waals surface area contributed by atoms with Crippen LogP contribution >= 0.6 is 0 Å². The Bertz CT molecular complexity index is 500. The molecular weight excluding hydrogens is 272 g/mol. The average molecular weight is 292 g/mol. The first-order valence-electron chi connectivity index (χ1n) is 7.26. The fraction of sp³-hybridized carbons (Fsp3) is 0.533. The molecule has 0 spiro atoms. The molecule has 0 atom stereocenters. The van der Waals surface area contributed by atoms with E-state index >= 15 is 0 Å². The van der Waals surface area contributed by atoms with Gasteiger partial charge < -0.3 is 19.5 Å². The van der Waals surface area contributed by atoms with E-state index in [2.05, 4.69) is 10.2 Å². The summed E-state index contributed by atoms with van der Waals surface area (Å²) in [7, 11) is 0. The third-order valence-corrected chi connectivity index (χ3v) is 3.66. The van der Waals surface area contributed by atoms with Gasteiger partial charge in [-0.25, -0.2) is 0 Å². The van der Waals surface area contributed by atoms with Crippen LogP contribution in [0, 0.1) is 0 Å². The molecule has 1 aromatic carbocycles. The summed E-state index contributed by atoms with van der Waals surface area (Å²) in [5.41, 5.74) is 0.933. The van der Waals surface area contributed by atoms with E-state index in [1.165, 1.54) is 0 Å². The van der Waals surface area contributed by atoms with Crippen LogP contribution < -0.4 is 14.8 Å². The summed E-state index contributed by atoms with van der Waals surface area (Å²) in [6.07, 6.45) is 0.361. The Balaban J connectivity index is 1.41. The predicted molar refractivity (Wildman–Crippen MR) is 76.5 cm³/mol. The molecule has 114 valence electrons. The Hall–Kier alpha value is -1.79. The molecule has 1 fully saturated rings. The largest absolute Gasteiger partial charge is 0.454 e. The first-order valence-corrected chi connectivity index (χ1v) is 7.26. The molecule has 6 heteroatoms. The Labute approximate surface area is 124 Å². The SMILES string of the molecule is O=C(Cc1ccc2c(c1)OCO2)NCCN1CCOCC1. The minimum atomic E-state index is 0.0297. The van der Waals surface area contributed by atoms with Gasteiger partial charge in [0.1, 0.15) is 0 Å². The summed E-state index contributed by atoms with van der Waals surface area (Å²) < 4.78 is 15.9. The molecule has 1 aromatic rings. The molecule has 2 aliphatic heterocycles. The molecule has 1 N–H and O–H groups in total. The van der Waals surface area contributed by atoms with Gasteiger partial charge in [0.15, 0.2) is 11.5 Å². The van der Waals surface area contributed by atoms with E-state index in [1.54, 1.807) is 0 Å². The second kappa shape index (κ2) is 6.78. The number of amides is 1. The molecule has 3 rings (SSSR count). The molecular formula is C15H20N2O4. The van der Waals surface area contributed by atoms with E-state index < -0.39 is 0 Å². The second-order valence-corrected chi connectivity index (χ2v) is 5.17. The van der Waals surface area contributed by atoms with Crippen LogP contribution in [0.5, 0.6) is 11.5 Å². The maximum Gasteiger partial charge on any atom is 0.231 e. The Morgan fingerprint density at radius 1 is 1.19 bits per heavy atom. The zero-order valence-electron chi connectivity index (χ0n) is 12.0. The molecule has 2 heterocycles. The van der Waals surface area contributed by atoms with Crippen molar-refractivity contribution in [3.8, 4) is 11.5 Å². The lowest BCUT2D eigenvalue weighted by atomic mass is 10.1. The molecule has 0 aromatic heterocycles. The Kier molecular flexibility index (Phi) is 4.57. The highest BCUT2D eigenvalue weighted by atomic mass is 16.7. The number of carbonyl (C=O) groups is 1. The summed E-state index contributed by atoms with van der Waals surface area (Å²) in [6, 6.07) is 5.61. The smallest absolute Gasteiger partial charge is 0.231 e. The number of benzene rings is 1. The highest BCUT2D eigenvalue weighted by Gasteiger charge is 2.14. The Morgan fingerprint density at radius 2 is 2.00 bits per heavy atom. The quantitative estimate of drug-likeness (QED) is 0.851. The molecule has 0 radical (unpaired) electrons. The van der Waals surface area contributed by atoms with Crippen molar-refractivity contribution in [2.24, 2.45) is 0 Å². The summed E-state index contributed by atoms with van der Waals surface area (Å²) in [6.45, 7) is 5.25. The standard InChI is InChI=1S/C15H20N2O4/c18-15(16-3-4-17-5-7-19-8-6-17)10-12-1-2-13-14(9-12)21-11-20-13/h1-2,9H,3-8,10-11H2,(H,16,18). The van der Waals surface area contributed by atoms with Gasteiger partial charge in [-0.3, -0.25) is 9.69 Å². The highest BCUT2D eigenvalue weighted by molar-refractivity contribution is 5.78. The zero-order valence-corrected chi connectivity index (χ0v) is 12.0. The molecule has 6 nitrogen and oxygen atoms in total. The second-order valence-electron chi connectivity index (χ2n) is 5.17. The van der Waals surface area contributed by atoms with Crippen molar-refractivity contribution >= 4 is 5.91 Å². The third kappa shape index (κ3) is 3.86. The number of nitrogens with zero attached hydrogens (tertiary/aromatic N) is 1. The van der Waals surface area contributed by atoms with E-state index in [1.807, 2.05) is 18.2 Å². The molecule has 0 unspecified atom stereocenters. The van der Waals surface area contributed by atoms with Crippen LogP contribution in [0.15, 0.2) is 18.2 Å². The van der Waals surface area contributed by atoms with E-state index in [4.69, 9.17) is 14.2 Å². The number of morpholine rings is 1. The number of rotatable bonds is 5. The van der Waals surface area contributed by atoms with Gasteiger partial charge in [0.05, 0.1) is 19.6 Å². The van der Waals surface area contributed by atoms with Gasteiger partial charge in [-0.2, -0.15) is 0 Å². The fourth-order valence-corrected chi connectivity index (χ4v) is 2.48. The number of ether oxygens (including phenoxy) is 3. The maximum absolute atomic E-state index is 11.9. The molecule has 2 aliphatic rings. The van der Waals surface area contributed by atoms with Crippen molar-refractivity contribution in [1.29, 1.82) is 0 Å². The van der Waals surface area contributed by atoms with Gasteiger partial charge in [0.2, 0.25) is 12.7 Å². The van der Waals surface area contributed by atoms with Crippen LogP contribution in [0.1, 0.15) is 5.56 Å². The van der Waals surface area contributed by atoms with Crippen LogP contribution in [0.2, 0.25) is 0 Å². The molecule has 0 bridgehead atoms. The van der Waals surface area contributed by atoms with Gasteiger partial charge in [0.25, 0.3) is 0 Å². The van der Waals surface area contributed by atoms with Gasteiger partial charge >= 0.3 is 0 Å². The first-order chi connectivity index (χ1) is 10.3. The topological polar surface area (TPSA) is 60.0 Å². The van der Waals surface area contributed by atoms with E-state index in [-0.39, 0.29) is 12.7 Å². The first kappa shape index (κ1) is 14.2. The van der Waals surface area contributed by atoms with Crippen LogP contribution in [-0.2, 0) is 16.0 Å². The van der Waals surface area contributed by atoms with Crippen LogP contribution in [0.4, 0.5) is 0 Å². The monoisotopic (exact) mass is 292 g/mol. The number of hydrogen-bond donors (Lipinski definition) is 1. The van der Waals surface area contributed by atoms with Gasteiger partial charge in [0, 0.05) is 26.2 Å². The summed E-state index contributed by atoms with van der Waals surface area (Å²) in [5, 5.41) is 2.95. The number of hydrogen-bond acceptors (Lipinski definition) is 5. The molecule has 0 saturated carbocycles. The molecule has 1 amide bonds. The van der Waals surface area contributed by atoms with Crippen molar-refractivity contribution in [2.45, 2.75) is 6.42 Å². The lowest BCUT2D eigenvalue weighted by Gasteiger charge is -2.26. The maximum atomic E-state index is 11.9. The van der Waals surface area contributed by atoms with E-state index in [0.29, 0.717) is 18.7 Å². The van der Waals surface area contributed by atoms with Gasteiger partial charge in [-0.1, -0.05) is 6.07 Å². The van der Waals surface area contributed by atoms with Crippen molar-refractivity contribution < 1.29 is 19.0 Å². The lowest BCUT2D eigenvalue weighted by molar-refractivity contribution is -0.120. The summed E-state index contributed by atoms with van der Waals surface area (Å²) >= 11 is 0. The highest BCUT2D eigenvalue weighted by Crippen LogP contribution is 2.32. The Morgan fingerprint density at radius 3 is 2.86 bits per heavy atom.